The van der Waals surface area contributed by atoms with Gasteiger partial charge in [-0.15, -0.1) is 0 Å². The second kappa shape index (κ2) is 21.4. The van der Waals surface area contributed by atoms with E-state index in [2.05, 4.69) is 45.5 Å². The summed E-state index contributed by atoms with van der Waals surface area (Å²) >= 11 is 0. The van der Waals surface area contributed by atoms with Gasteiger partial charge in [0, 0.05) is 47.8 Å². The fraction of sp³-hybridized carbons (Fsp3) is 0.278. The fourth-order valence-corrected chi connectivity index (χ4v) is 8.89. The highest BCUT2D eigenvalue weighted by atomic mass is 16.6. The molecule has 2 aliphatic rings. The monoisotopic (exact) mass is 840 g/mol. The van der Waals surface area contributed by atoms with Crippen molar-refractivity contribution in [1.82, 2.24) is 21.3 Å². The van der Waals surface area contributed by atoms with Gasteiger partial charge < -0.3 is 30.7 Å². The Balaban J connectivity index is 0.746. The van der Waals surface area contributed by atoms with E-state index in [1.165, 1.54) is 0 Å². The van der Waals surface area contributed by atoms with Crippen molar-refractivity contribution < 1.29 is 23.9 Å². The van der Waals surface area contributed by atoms with Crippen LogP contribution in [0.4, 0.5) is 9.59 Å². The SMILES string of the molecule is O=C(NC(CNCCCCCCCCNC(=O)C(Cc1ccccc1)NC(=O)OC1c2ccccc2-c2ccccc21)Cc1ccccc1)OC1c2ccccc2-c2ccccc21. The zero-order valence-corrected chi connectivity index (χ0v) is 35.6. The molecule has 9 heteroatoms. The third kappa shape index (κ3) is 11.0. The lowest BCUT2D eigenvalue weighted by molar-refractivity contribution is -0.123. The molecule has 2 atom stereocenters. The lowest BCUT2D eigenvalue weighted by Crippen LogP contribution is -2.48. The number of carbonyl (C=O) groups excluding carboxylic acids is 3. The highest BCUT2D eigenvalue weighted by Gasteiger charge is 2.33. The molecule has 0 radical (unpaired) electrons. The Labute approximate surface area is 370 Å². The van der Waals surface area contributed by atoms with Crippen LogP contribution < -0.4 is 21.3 Å². The summed E-state index contributed by atoms with van der Waals surface area (Å²) in [5.74, 6) is -0.225. The minimum atomic E-state index is -0.783. The quantitative estimate of drug-likeness (QED) is 0.0569. The molecule has 0 aromatic heterocycles. The van der Waals surface area contributed by atoms with Crippen LogP contribution in [0, 0.1) is 0 Å². The summed E-state index contributed by atoms with van der Waals surface area (Å²) < 4.78 is 12.1. The van der Waals surface area contributed by atoms with Gasteiger partial charge in [-0.3, -0.25) is 4.79 Å². The first-order chi connectivity index (χ1) is 31.0. The molecule has 63 heavy (non-hydrogen) atoms. The Morgan fingerprint density at radius 3 is 1.33 bits per heavy atom. The van der Waals surface area contributed by atoms with Gasteiger partial charge in [-0.2, -0.15) is 0 Å². The summed E-state index contributed by atoms with van der Waals surface area (Å²) in [5.41, 5.74) is 10.3. The first-order valence-electron chi connectivity index (χ1n) is 22.4. The minimum absolute atomic E-state index is 0.141. The minimum Gasteiger partial charge on any atom is -0.436 e. The van der Waals surface area contributed by atoms with Gasteiger partial charge in [-0.1, -0.05) is 183 Å². The molecule has 3 amide bonds. The third-order valence-electron chi connectivity index (χ3n) is 12.0. The van der Waals surface area contributed by atoms with Crippen molar-refractivity contribution in [3.8, 4) is 22.3 Å². The maximum absolute atomic E-state index is 13.5. The molecule has 6 aromatic carbocycles. The number of hydrogen-bond acceptors (Lipinski definition) is 6. The van der Waals surface area contributed by atoms with Gasteiger partial charge in [-0.25, -0.2) is 9.59 Å². The second-order valence-corrected chi connectivity index (χ2v) is 16.5. The number of alkyl carbamates (subject to hydrolysis) is 2. The molecule has 0 saturated heterocycles. The molecule has 4 N–H and O–H groups in total. The van der Waals surface area contributed by atoms with Gasteiger partial charge in [0.25, 0.3) is 0 Å². The lowest BCUT2D eigenvalue weighted by atomic mass is 10.1. The number of unbranched alkanes of at least 4 members (excludes halogenated alkanes) is 5. The van der Waals surface area contributed by atoms with Crippen molar-refractivity contribution in [2.75, 3.05) is 19.6 Å². The molecule has 6 aromatic rings. The van der Waals surface area contributed by atoms with E-state index in [-0.39, 0.29) is 11.9 Å². The molecule has 0 fully saturated rings. The third-order valence-corrected chi connectivity index (χ3v) is 12.0. The van der Waals surface area contributed by atoms with Gasteiger partial charge in [0.1, 0.15) is 6.04 Å². The molecule has 9 nitrogen and oxygen atoms in total. The summed E-state index contributed by atoms with van der Waals surface area (Å²) in [6, 6.07) is 51.1. The highest BCUT2D eigenvalue weighted by Crippen LogP contribution is 2.46. The molecular weight excluding hydrogens is 785 g/mol. The summed E-state index contributed by atoms with van der Waals surface area (Å²) in [4.78, 5) is 40.3. The number of amides is 3. The predicted octanol–water partition coefficient (Wildman–Crippen LogP) is 10.2. The first kappa shape index (κ1) is 43.0. The van der Waals surface area contributed by atoms with Crippen molar-refractivity contribution in [2.45, 2.75) is 75.7 Å². The van der Waals surface area contributed by atoms with Crippen LogP contribution in [0.3, 0.4) is 0 Å². The second-order valence-electron chi connectivity index (χ2n) is 16.5. The van der Waals surface area contributed by atoms with Crippen LogP contribution in [0.15, 0.2) is 158 Å². The zero-order chi connectivity index (χ0) is 43.2. The number of ether oxygens (including phenoxy) is 2. The molecule has 0 saturated carbocycles. The summed E-state index contributed by atoms with van der Waals surface area (Å²) in [5, 5.41) is 12.7. The predicted molar refractivity (Wildman–Crippen MR) is 248 cm³/mol. The van der Waals surface area contributed by atoms with E-state index >= 15 is 0 Å². The highest BCUT2D eigenvalue weighted by molar-refractivity contribution is 5.86. The van der Waals surface area contributed by atoms with E-state index in [9.17, 15) is 14.4 Å². The molecule has 2 aliphatic carbocycles. The van der Waals surface area contributed by atoms with Gasteiger partial charge in [0.2, 0.25) is 5.91 Å². The van der Waals surface area contributed by atoms with E-state index in [1.54, 1.807) is 0 Å². The molecule has 2 unspecified atom stereocenters. The topological polar surface area (TPSA) is 118 Å². The number of benzene rings is 6. The number of carbonyl (C=O) groups is 3. The standard InChI is InChI=1S/C54H56N4O5/c59-52(49(36-39-23-9-6-10-24-39)58-54(61)63-51-47-31-17-13-27-43(47)44-28-14-18-32-48(44)51)56-34-20-4-2-1-3-19-33-55-37-40(35-38-21-7-5-8-22-38)57-53(60)62-50-45-29-15-11-25-41(45)42-26-12-16-30-46(42)50/h5-18,21-32,40,49-51,55H,1-4,19-20,33-37H2,(H,56,59)(H,57,60)(H,58,61). The van der Waals surface area contributed by atoms with Crippen LogP contribution in [0.5, 0.6) is 0 Å². The van der Waals surface area contributed by atoms with Crippen LogP contribution in [-0.2, 0) is 27.1 Å². The summed E-state index contributed by atoms with van der Waals surface area (Å²) in [6.07, 6.45) is 5.12. The van der Waals surface area contributed by atoms with E-state index in [1.807, 2.05) is 133 Å². The molecule has 322 valence electrons. The normalized spacial score (nSPS) is 13.5. The van der Waals surface area contributed by atoms with E-state index in [0.717, 1.165) is 101 Å². The Morgan fingerprint density at radius 2 is 0.841 bits per heavy atom. The number of hydrogen-bond donors (Lipinski definition) is 4. The van der Waals surface area contributed by atoms with Gasteiger partial charge in [0.15, 0.2) is 12.2 Å². The fourth-order valence-electron chi connectivity index (χ4n) is 8.89. The summed E-state index contributed by atoms with van der Waals surface area (Å²) in [7, 11) is 0. The van der Waals surface area contributed by atoms with Crippen molar-refractivity contribution in [2.24, 2.45) is 0 Å². The van der Waals surface area contributed by atoms with Crippen LogP contribution in [-0.4, -0.2) is 49.8 Å². The van der Waals surface area contributed by atoms with Crippen molar-refractivity contribution in [3.05, 3.63) is 191 Å². The van der Waals surface area contributed by atoms with Crippen LogP contribution in [0.25, 0.3) is 22.3 Å². The summed E-state index contributed by atoms with van der Waals surface area (Å²) in [6.45, 7) is 2.01. The van der Waals surface area contributed by atoms with Gasteiger partial charge >= 0.3 is 12.2 Å². The number of rotatable bonds is 20. The van der Waals surface area contributed by atoms with Gasteiger partial charge in [0.05, 0.1) is 0 Å². The average molecular weight is 841 g/mol. The van der Waals surface area contributed by atoms with Crippen molar-refractivity contribution in [1.29, 1.82) is 0 Å². The van der Waals surface area contributed by atoms with Crippen molar-refractivity contribution in [3.63, 3.8) is 0 Å². The Bertz CT molecular complexity index is 2370. The van der Waals surface area contributed by atoms with Crippen LogP contribution >= 0.6 is 0 Å². The van der Waals surface area contributed by atoms with Crippen LogP contribution in [0.2, 0.25) is 0 Å². The molecular formula is C54H56N4O5. The largest absolute Gasteiger partial charge is 0.436 e. The van der Waals surface area contributed by atoms with Gasteiger partial charge in [-0.05, 0) is 59.2 Å². The van der Waals surface area contributed by atoms with E-state index in [4.69, 9.17) is 9.47 Å². The maximum Gasteiger partial charge on any atom is 0.408 e. The molecule has 0 heterocycles. The number of nitrogens with one attached hydrogen (secondary N) is 4. The number of fused-ring (bicyclic) bond motifs is 6. The maximum atomic E-state index is 13.5. The Morgan fingerprint density at radius 1 is 0.444 bits per heavy atom. The molecule has 0 spiro atoms. The lowest BCUT2D eigenvalue weighted by Gasteiger charge is -2.22. The Hall–Kier alpha value is -6.71. The molecule has 0 bridgehead atoms. The Kier molecular flexibility index (Phi) is 14.6. The zero-order valence-electron chi connectivity index (χ0n) is 35.6. The smallest absolute Gasteiger partial charge is 0.408 e. The first-order valence-corrected chi connectivity index (χ1v) is 22.4. The van der Waals surface area contributed by atoms with E-state index in [0.29, 0.717) is 25.9 Å². The molecule has 0 aliphatic heterocycles. The van der Waals surface area contributed by atoms with E-state index < -0.39 is 30.4 Å². The average Bonchev–Trinajstić information content (AvgIpc) is 3.80. The molecule has 8 rings (SSSR count). The van der Waals surface area contributed by atoms with Crippen molar-refractivity contribution >= 4 is 18.1 Å². The van der Waals surface area contributed by atoms with Crippen LogP contribution in [0.1, 0.15) is 84.1 Å².